The molecule has 0 aliphatic carbocycles. The number of hydrogen-bond donors (Lipinski definition) is 2. The minimum Gasteiger partial charge on any atom is -0.489 e. The summed E-state index contributed by atoms with van der Waals surface area (Å²) >= 11 is 0. The molecule has 76 heavy (non-hydrogen) atoms. The van der Waals surface area contributed by atoms with E-state index < -0.39 is 56.5 Å². The molecule has 1 amide bonds. The van der Waals surface area contributed by atoms with E-state index in [0.29, 0.717) is 35.6 Å². The summed E-state index contributed by atoms with van der Waals surface area (Å²) in [7, 11) is -9.90. The molecule has 0 fully saturated rings. The van der Waals surface area contributed by atoms with Gasteiger partial charge in [-0.05, 0) is 81.4 Å². The fraction of sp³-hybridized carbons (Fsp3) is 0.361. The Morgan fingerprint density at radius 1 is 0.711 bits per heavy atom. The van der Waals surface area contributed by atoms with E-state index in [4.69, 9.17) is 27.8 Å². The Balaban J connectivity index is 1.48. The zero-order chi connectivity index (χ0) is 55.0. The van der Waals surface area contributed by atoms with E-state index in [0.717, 1.165) is 27.1 Å². The van der Waals surface area contributed by atoms with Crippen molar-refractivity contribution in [3.05, 3.63) is 198 Å². The third kappa shape index (κ3) is 15.9. The zero-order valence-corrected chi connectivity index (χ0v) is 48.6. The van der Waals surface area contributed by atoms with Crippen molar-refractivity contribution in [1.82, 2.24) is 4.72 Å². The lowest BCUT2D eigenvalue weighted by atomic mass is 10.0. The number of ether oxygens (including phenoxy) is 4. The first-order chi connectivity index (χ1) is 36.1. The maximum absolute atomic E-state index is 14.8. The number of rotatable bonds is 27. The van der Waals surface area contributed by atoms with Crippen LogP contribution in [0.1, 0.15) is 69.4 Å². The number of nitrogens with zero attached hydrogens (tertiary/aromatic N) is 1. The highest BCUT2D eigenvalue weighted by atomic mass is 32.2. The molecule has 406 valence electrons. The van der Waals surface area contributed by atoms with Crippen LogP contribution in [0.2, 0.25) is 23.2 Å². The third-order valence-corrected chi connectivity index (χ3v) is 24.9. The lowest BCUT2D eigenvalue weighted by Crippen LogP contribution is -2.68. The molecule has 0 aliphatic rings. The molecule has 12 nitrogen and oxygen atoms in total. The van der Waals surface area contributed by atoms with Gasteiger partial charge in [0.15, 0.2) is 8.32 Å². The number of sulfonamides is 1. The molecule has 6 aromatic carbocycles. The van der Waals surface area contributed by atoms with E-state index in [-0.39, 0.29) is 49.8 Å². The molecule has 2 atom stereocenters. The molecule has 0 heterocycles. The zero-order valence-electron chi connectivity index (χ0n) is 45.8. The van der Waals surface area contributed by atoms with Crippen LogP contribution in [-0.4, -0.2) is 81.6 Å². The van der Waals surface area contributed by atoms with E-state index in [2.05, 4.69) is 65.9 Å². The highest BCUT2D eigenvalue weighted by Gasteiger charge is 2.51. The third-order valence-electron chi connectivity index (χ3n) is 13.9. The minimum atomic E-state index is -4.30. The van der Waals surface area contributed by atoms with Crippen LogP contribution < -0.4 is 24.7 Å². The number of anilines is 1. The van der Waals surface area contributed by atoms with Gasteiger partial charge in [0.05, 0.1) is 49.1 Å². The molecule has 0 saturated carbocycles. The van der Waals surface area contributed by atoms with Crippen LogP contribution in [0.4, 0.5) is 10.5 Å². The Labute approximate surface area is 454 Å². The smallest absolute Gasteiger partial charge is 0.414 e. The van der Waals surface area contributed by atoms with Crippen LogP contribution >= 0.6 is 0 Å². The molecule has 0 radical (unpaired) electrons. The summed E-state index contributed by atoms with van der Waals surface area (Å²) in [6.45, 7) is 23.0. The molecular formula is C61H78N2O10SSi2. The highest BCUT2D eigenvalue weighted by molar-refractivity contribution is 7.89. The lowest BCUT2D eigenvalue weighted by molar-refractivity contribution is -0.0689. The van der Waals surface area contributed by atoms with Gasteiger partial charge in [-0.25, -0.2) is 17.9 Å². The number of amides is 1. The van der Waals surface area contributed by atoms with Crippen LogP contribution in [0.3, 0.4) is 0 Å². The van der Waals surface area contributed by atoms with Crippen molar-refractivity contribution >= 4 is 48.8 Å². The van der Waals surface area contributed by atoms with Crippen molar-refractivity contribution in [1.29, 1.82) is 0 Å². The van der Waals surface area contributed by atoms with Gasteiger partial charge in [-0.3, -0.25) is 4.90 Å². The molecule has 2 N–H and O–H groups in total. The second-order valence-electron chi connectivity index (χ2n) is 21.6. The van der Waals surface area contributed by atoms with Crippen molar-refractivity contribution in [2.45, 2.75) is 115 Å². The number of nitrogens with one attached hydrogen (secondary N) is 1. The number of aliphatic hydroxyl groups is 1. The second kappa shape index (κ2) is 27.0. The quantitative estimate of drug-likeness (QED) is 0.0222. The van der Waals surface area contributed by atoms with E-state index in [9.17, 15) is 18.3 Å². The fourth-order valence-electron chi connectivity index (χ4n) is 8.68. The number of carbonyl (C=O) groups excluding carboxylic acids is 1. The summed E-state index contributed by atoms with van der Waals surface area (Å²) in [5.74, 6) is 0.464. The molecule has 0 unspecified atom stereocenters. The average Bonchev–Trinajstić information content (AvgIpc) is 3.44. The van der Waals surface area contributed by atoms with E-state index in [1.807, 2.05) is 140 Å². The summed E-state index contributed by atoms with van der Waals surface area (Å²) in [5, 5.41) is 14.3. The normalized spacial score (nSPS) is 13.2. The van der Waals surface area contributed by atoms with Gasteiger partial charge < -0.3 is 32.9 Å². The van der Waals surface area contributed by atoms with Crippen molar-refractivity contribution in [2.75, 3.05) is 38.1 Å². The predicted octanol–water partition coefficient (Wildman–Crippen LogP) is 11.2. The van der Waals surface area contributed by atoms with Gasteiger partial charge in [0.1, 0.15) is 25.8 Å². The summed E-state index contributed by atoms with van der Waals surface area (Å²) < 4.78 is 70.6. The largest absolute Gasteiger partial charge is 0.489 e. The van der Waals surface area contributed by atoms with Crippen molar-refractivity contribution < 1.29 is 46.1 Å². The van der Waals surface area contributed by atoms with E-state index in [1.54, 1.807) is 12.1 Å². The number of aryl methyl sites for hydroxylation is 1. The predicted molar refractivity (Wildman–Crippen MR) is 309 cm³/mol. The molecule has 6 rings (SSSR count). The van der Waals surface area contributed by atoms with Gasteiger partial charge in [0.25, 0.3) is 8.32 Å². The van der Waals surface area contributed by atoms with Gasteiger partial charge in [-0.15, -0.1) is 0 Å². The molecule has 6 aromatic rings. The Morgan fingerprint density at radius 3 is 1.76 bits per heavy atom. The number of aliphatic hydroxyl groups excluding tert-OH is 1. The first-order valence-electron chi connectivity index (χ1n) is 25.9. The van der Waals surface area contributed by atoms with Crippen molar-refractivity contribution in [3.63, 3.8) is 0 Å². The van der Waals surface area contributed by atoms with Crippen LogP contribution in [0, 0.1) is 6.92 Å². The van der Waals surface area contributed by atoms with Gasteiger partial charge >= 0.3 is 6.09 Å². The second-order valence-corrected chi connectivity index (χ2v) is 32.4. The van der Waals surface area contributed by atoms with Crippen LogP contribution in [0.25, 0.3) is 0 Å². The Morgan fingerprint density at radius 2 is 1.24 bits per heavy atom. The summed E-state index contributed by atoms with van der Waals surface area (Å²) in [5.41, 5.74) is 4.40. The molecular weight excluding hydrogens is 1010 g/mol. The van der Waals surface area contributed by atoms with Gasteiger partial charge in [0, 0.05) is 18.6 Å². The monoisotopic (exact) mass is 1090 g/mol. The molecule has 0 aliphatic heterocycles. The SMILES string of the molecule is C=CCOC(=O)N(C[C@@H](O)[C@@H](CO[Si](c1ccccc1)(c1ccccc1)C(C)(C)C)NS(=O)(=O)c1ccc(C)cc1)c1cc(COCOCc2ccccc2)cc(OCc2ccccc2)c1CCO[Si](C)(C)C(C)(C)C. The number of carbonyl (C=O) groups is 1. The minimum absolute atomic E-state index is 0.00710. The van der Waals surface area contributed by atoms with Crippen LogP contribution in [-0.2, 0) is 59.3 Å². The average molecular weight is 1090 g/mol. The first kappa shape index (κ1) is 59.5. The van der Waals surface area contributed by atoms with E-state index >= 15 is 0 Å². The van der Waals surface area contributed by atoms with Gasteiger partial charge in [-0.2, -0.15) is 0 Å². The Kier molecular flexibility index (Phi) is 21.2. The summed E-state index contributed by atoms with van der Waals surface area (Å²) in [6, 6.07) is 48.4. The molecule has 0 spiro atoms. The Hall–Kier alpha value is -5.73. The van der Waals surface area contributed by atoms with Gasteiger partial charge in [0.2, 0.25) is 10.0 Å². The standard InChI is InChI=1S/C61H78N2O10SSi2/c1-11-37-70-59(65)63(41-57(64)55(62-74(66,67)51-34-32-47(2)33-35-51)45-73-76(61(6,7)8,52-28-20-14-21-29-52)53-30-22-15-23-31-53)56-39-50(43-69-46-68-42-48-24-16-12-17-25-48)40-58(71-44-49-26-18-13-19-27-49)54(56)36-38-72-75(9,10)60(3,4)5/h11-35,39-40,55,57,62,64H,1,36-38,41-46H2,2-10H3/t55-,57-/m1/s1. The van der Waals surface area contributed by atoms with Crippen molar-refractivity contribution in [2.24, 2.45) is 0 Å². The topological polar surface area (TPSA) is 142 Å². The summed E-state index contributed by atoms with van der Waals surface area (Å²) in [6.07, 6.45) is -0.636. The molecule has 0 bridgehead atoms. The molecule has 15 heteroatoms. The van der Waals surface area contributed by atoms with Crippen molar-refractivity contribution in [3.8, 4) is 5.75 Å². The van der Waals surface area contributed by atoms with Crippen LogP contribution in [0.5, 0.6) is 5.75 Å². The van der Waals surface area contributed by atoms with E-state index in [1.165, 1.54) is 23.1 Å². The fourth-order valence-corrected chi connectivity index (χ4v) is 15.6. The summed E-state index contributed by atoms with van der Waals surface area (Å²) in [4.78, 5) is 16.2. The highest BCUT2D eigenvalue weighted by Crippen LogP contribution is 2.40. The van der Waals surface area contributed by atoms with Crippen LogP contribution in [0.15, 0.2) is 175 Å². The Bertz CT molecular complexity index is 2820. The lowest BCUT2D eigenvalue weighted by Gasteiger charge is -2.44. The number of hydrogen-bond acceptors (Lipinski definition) is 10. The maximum atomic E-state index is 14.8. The first-order valence-corrected chi connectivity index (χ1v) is 32.2. The van der Waals surface area contributed by atoms with Gasteiger partial charge in [-0.1, -0.05) is 193 Å². The number of benzene rings is 6. The molecule has 0 aromatic heterocycles. The molecule has 0 saturated heterocycles. The maximum Gasteiger partial charge on any atom is 0.414 e.